The summed E-state index contributed by atoms with van der Waals surface area (Å²) < 4.78 is 11.6. The summed E-state index contributed by atoms with van der Waals surface area (Å²) in [5.41, 5.74) is 8.92. The fraction of sp³-hybridized carbons (Fsp3) is 0. The third-order valence-corrected chi connectivity index (χ3v) is 11.0. The Labute approximate surface area is 284 Å². The highest BCUT2D eigenvalue weighted by atomic mass is 32.1. The van der Waals surface area contributed by atoms with E-state index in [4.69, 9.17) is 14.4 Å². The molecule has 0 fully saturated rings. The van der Waals surface area contributed by atoms with Crippen LogP contribution in [0.2, 0.25) is 0 Å². The van der Waals surface area contributed by atoms with Gasteiger partial charge in [-0.25, -0.2) is 9.97 Å². The van der Waals surface area contributed by atoms with Crippen LogP contribution in [0, 0.1) is 0 Å². The van der Waals surface area contributed by atoms with Crippen molar-refractivity contribution in [2.75, 3.05) is 0 Å². The highest BCUT2D eigenvalue weighted by Gasteiger charge is 2.25. The van der Waals surface area contributed by atoms with E-state index in [1.54, 1.807) is 0 Å². The van der Waals surface area contributed by atoms with Crippen LogP contribution in [0.15, 0.2) is 156 Å². The largest absolute Gasteiger partial charge is 0.454 e. The number of thiophene rings is 1. The molecule has 7 aromatic carbocycles. The highest BCUT2D eigenvalue weighted by Crippen LogP contribution is 2.48. The Hall–Kier alpha value is -6.30. The van der Waals surface area contributed by atoms with Crippen molar-refractivity contribution in [3.05, 3.63) is 152 Å². The van der Waals surface area contributed by atoms with Crippen LogP contribution in [-0.2, 0) is 0 Å². The van der Waals surface area contributed by atoms with Gasteiger partial charge in [0.1, 0.15) is 11.1 Å². The smallest absolute Gasteiger partial charge is 0.235 e. The molecule has 0 aliphatic heterocycles. The zero-order valence-corrected chi connectivity index (χ0v) is 26.9. The number of rotatable bonds is 3. The van der Waals surface area contributed by atoms with E-state index in [2.05, 4.69) is 138 Å². The summed E-state index contributed by atoms with van der Waals surface area (Å²) in [6.45, 7) is 0. The molecule has 0 aliphatic carbocycles. The van der Waals surface area contributed by atoms with Crippen molar-refractivity contribution >= 4 is 86.2 Å². The second-order valence-corrected chi connectivity index (χ2v) is 13.6. The number of furan rings is 1. The predicted molar refractivity (Wildman–Crippen MR) is 205 cm³/mol. The summed E-state index contributed by atoms with van der Waals surface area (Å²) >= 11 is 1.86. The van der Waals surface area contributed by atoms with Gasteiger partial charge in [0.25, 0.3) is 0 Å². The van der Waals surface area contributed by atoms with Gasteiger partial charge in [0, 0.05) is 58.2 Å². The molecule has 5 heteroatoms. The maximum atomic E-state index is 6.81. The van der Waals surface area contributed by atoms with Gasteiger partial charge in [-0.05, 0) is 35.9 Å². The molecular formula is C44H25N3OS. The number of benzene rings is 7. The third-order valence-electron chi connectivity index (χ3n) is 9.81. The predicted octanol–water partition coefficient (Wildman–Crippen LogP) is 12.3. The number of para-hydroxylation sites is 3. The summed E-state index contributed by atoms with van der Waals surface area (Å²) in [7, 11) is 0. The summed E-state index contributed by atoms with van der Waals surface area (Å²) in [5.74, 6) is 0.614. The molecule has 4 heterocycles. The van der Waals surface area contributed by atoms with Gasteiger partial charge >= 0.3 is 0 Å². The standard InChI is InChI=1S/C44H25N3OS/c1-2-13-26(14-3-1)40-31-17-4-8-21-35(31)45-44(46-40)47-36-22-9-5-18-32(36)39-33(25-34-27-15-6-10-23-37(27)48-42(34)41(39)47)30-20-12-19-29-28-16-7-11-24-38(28)49-43(29)30/h1-25H. The molecule has 4 nitrogen and oxygen atoms in total. The lowest BCUT2D eigenvalue weighted by Crippen LogP contribution is -2.03. The van der Waals surface area contributed by atoms with Gasteiger partial charge in [-0.1, -0.05) is 121 Å². The Kier molecular flexibility index (Phi) is 5.51. The van der Waals surface area contributed by atoms with Gasteiger partial charge in [-0.15, -0.1) is 11.3 Å². The van der Waals surface area contributed by atoms with Gasteiger partial charge < -0.3 is 4.42 Å². The van der Waals surface area contributed by atoms with Gasteiger partial charge in [0.05, 0.1) is 16.7 Å². The fourth-order valence-electron chi connectivity index (χ4n) is 7.69. The van der Waals surface area contributed by atoms with Crippen molar-refractivity contribution in [1.82, 2.24) is 14.5 Å². The van der Waals surface area contributed by atoms with Gasteiger partial charge in [0.15, 0.2) is 5.58 Å². The van der Waals surface area contributed by atoms with E-state index < -0.39 is 0 Å². The lowest BCUT2D eigenvalue weighted by atomic mass is 9.95. The molecule has 0 saturated heterocycles. The maximum Gasteiger partial charge on any atom is 0.235 e. The SMILES string of the molecule is c1ccc(-c2nc(-n3c4ccccc4c4c(-c5cccc6c5sc5ccccc56)cc5c6ccccc6oc5c43)nc3ccccc23)cc1. The quantitative estimate of drug-likeness (QED) is 0.192. The van der Waals surface area contributed by atoms with Crippen molar-refractivity contribution in [3.8, 4) is 28.3 Å². The van der Waals surface area contributed by atoms with E-state index in [9.17, 15) is 0 Å². The Morgan fingerprint density at radius 2 is 1.24 bits per heavy atom. The second kappa shape index (κ2) is 10.1. The number of fused-ring (bicyclic) bond motifs is 11. The van der Waals surface area contributed by atoms with Crippen molar-refractivity contribution in [1.29, 1.82) is 0 Å². The summed E-state index contributed by atoms with van der Waals surface area (Å²) in [6.07, 6.45) is 0. The fourth-order valence-corrected chi connectivity index (χ4v) is 8.92. The van der Waals surface area contributed by atoms with Crippen LogP contribution in [0.25, 0.3) is 103 Å². The molecule has 4 aromatic heterocycles. The maximum absolute atomic E-state index is 6.81. The van der Waals surface area contributed by atoms with E-state index in [0.29, 0.717) is 5.95 Å². The molecular weight excluding hydrogens is 619 g/mol. The van der Waals surface area contributed by atoms with Crippen LogP contribution in [0.1, 0.15) is 0 Å². The molecule has 0 bridgehead atoms. The van der Waals surface area contributed by atoms with Crippen LogP contribution >= 0.6 is 11.3 Å². The van der Waals surface area contributed by atoms with Crippen LogP contribution in [0.5, 0.6) is 0 Å². The Morgan fingerprint density at radius 1 is 0.531 bits per heavy atom. The highest BCUT2D eigenvalue weighted by molar-refractivity contribution is 7.26. The summed E-state index contributed by atoms with van der Waals surface area (Å²) in [5, 5.41) is 8.00. The summed E-state index contributed by atoms with van der Waals surface area (Å²) in [4.78, 5) is 10.6. The van der Waals surface area contributed by atoms with Crippen molar-refractivity contribution in [3.63, 3.8) is 0 Å². The summed E-state index contributed by atoms with van der Waals surface area (Å²) in [6, 6.07) is 53.4. The Balaban J connectivity index is 1.35. The number of hydrogen-bond acceptors (Lipinski definition) is 4. The van der Waals surface area contributed by atoms with E-state index in [0.717, 1.165) is 65.9 Å². The van der Waals surface area contributed by atoms with E-state index in [1.165, 1.54) is 31.3 Å². The first-order chi connectivity index (χ1) is 24.3. The number of nitrogens with zero attached hydrogens (tertiary/aromatic N) is 3. The molecule has 0 radical (unpaired) electrons. The van der Waals surface area contributed by atoms with E-state index >= 15 is 0 Å². The van der Waals surface area contributed by atoms with Crippen molar-refractivity contribution in [2.45, 2.75) is 0 Å². The molecule has 0 aliphatic rings. The molecule has 11 rings (SSSR count). The van der Waals surface area contributed by atoms with Crippen LogP contribution in [-0.4, -0.2) is 14.5 Å². The number of aromatic nitrogens is 3. The molecule has 0 spiro atoms. The molecule has 0 atom stereocenters. The van der Waals surface area contributed by atoms with Gasteiger partial charge in [0.2, 0.25) is 5.95 Å². The van der Waals surface area contributed by atoms with Crippen molar-refractivity contribution < 1.29 is 4.42 Å². The minimum Gasteiger partial charge on any atom is -0.454 e. The molecule has 0 unspecified atom stereocenters. The molecule has 11 aromatic rings. The van der Waals surface area contributed by atoms with Crippen LogP contribution in [0.3, 0.4) is 0 Å². The monoisotopic (exact) mass is 643 g/mol. The molecule has 0 N–H and O–H groups in total. The molecule has 228 valence electrons. The van der Waals surface area contributed by atoms with Crippen molar-refractivity contribution in [2.24, 2.45) is 0 Å². The van der Waals surface area contributed by atoms with Crippen LogP contribution in [0.4, 0.5) is 0 Å². The molecule has 0 amide bonds. The first kappa shape index (κ1) is 26.7. The lowest BCUT2D eigenvalue weighted by Gasteiger charge is -2.12. The van der Waals surface area contributed by atoms with Gasteiger partial charge in [-0.3, -0.25) is 4.57 Å². The molecule has 0 saturated carbocycles. The van der Waals surface area contributed by atoms with Crippen LogP contribution < -0.4 is 0 Å². The second-order valence-electron chi connectivity index (χ2n) is 12.5. The Morgan fingerprint density at radius 3 is 2.14 bits per heavy atom. The first-order valence-corrected chi connectivity index (χ1v) is 17.2. The average molecular weight is 644 g/mol. The Bertz CT molecular complexity index is 3110. The minimum absolute atomic E-state index is 0.614. The zero-order chi connectivity index (χ0) is 32.1. The zero-order valence-electron chi connectivity index (χ0n) is 26.1. The number of hydrogen-bond donors (Lipinski definition) is 0. The van der Waals surface area contributed by atoms with E-state index in [-0.39, 0.29) is 0 Å². The minimum atomic E-state index is 0.614. The third kappa shape index (κ3) is 3.79. The average Bonchev–Trinajstić information content (AvgIpc) is 3.84. The van der Waals surface area contributed by atoms with Gasteiger partial charge in [-0.2, -0.15) is 0 Å². The topological polar surface area (TPSA) is 43.9 Å². The first-order valence-electron chi connectivity index (χ1n) is 16.4. The normalized spacial score (nSPS) is 12.1. The van der Waals surface area contributed by atoms with E-state index in [1.807, 2.05) is 29.5 Å². The molecule has 49 heavy (non-hydrogen) atoms. The lowest BCUT2D eigenvalue weighted by molar-refractivity contribution is 0.671.